The van der Waals surface area contributed by atoms with Crippen LogP contribution in [-0.2, 0) is 4.79 Å². The van der Waals surface area contributed by atoms with Crippen molar-refractivity contribution in [3.63, 3.8) is 0 Å². The van der Waals surface area contributed by atoms with Crippen LogP contribution in [-0.4, -0.2) is 10.7 Å². The van der Waals surface area contributed by atoms with Crippen LogP contribution in [0.4, 0.5) is 5.69 Å². The van der Waals surface area contributed by atoms with E-state index in [-0.39, 0.29) is 10.7 Å². The summed E-state index contributed by atoms with van der Waals surface area (Å²) in [4.78, 5) is 11.3. The van der Waals surface area contributed by atoms with E-state index in [1.54, 1.807) is 24.3 Å². The molecule has 4 heteroatoms. The Hall–Kier alpha value is -0.540. The molecule has 1 N–H and O–H groups in total. The molecule has 1 amide bonds. The minimum absolute atomic E-state index is 0.0465. The molecule has 76 valence electrons. The van der Waals surface area contributed by atoms with Gasteiger partial charge in [-0.3, -0.25) is 4.79 Å². The number of nitrogens with one attached hydrogen (secondary N) is 1. The molecular weight excluding hydrogens is 265 g/mol. The van der Waals surface area contributed by atoms with Gasteiger partial charge >= 0.3 is 0 Å². The second-order valence-corrected chi connectivity index (χ2v) is 4.42. The number of amides is 1. The summed E-state index contributed by atoms with van der Waals surface area (Å²) in [5, 5.41) is 3.38. The van der Waals surface area contributed by atoms with Crippen LogP contribution in [0.3, 0.4) is 0 Å². The normalized spacial score (nSPS) is 12.2. The molecule has 0 radical (unpaired) electrons. The van der Waals surface area contributed by atoms with Gasteiger partial charge in [0.2, 0.25) is 5.91 Å². The minimum Gasteiger partial charge on any atom is -0.325 e. The fraction of sp³-hybridized carbons (Fsp3) is 0.300. The van der Waals surface area contributed by atoms with Crippen LogP contribution in [0.5, 0.6) is 0 Å². The van der Waals surface area contributed by atoms with Gasteiger partial charge in [0, 0.05) is 10.7 Å². The molecule has 0 spiro atoms. The zero-order valence-electron chi connectivity index (χ0n) is 7.76. The molecule has 1 aromatic carbocycles. The Bertz CT molecular complexity index is 330. The maximum Gasteiger partial charge on any atom is 0.238 e. The average Bonchev–Trinajstić information content (AvgIpc) is 2.16. The molecule has 1 aromatic rings. The van der Waals surface area contributed by atoms with E-state index in [1.165, 1.54) is 0 Å². The first-order chi connectivity index (χ1) is 6.63. The number of carbonyl (C=O) groups excluding carboxylic acids is 1. The molecule has 1 atom stereocenters. The number of anilines is 1. The van der Waals surface area contributed by atoms with E-state index in [4.69, 9.17) is 11.6 Å². The molecule has 0 saturated carbocycles. The summed E-state index contributed by atoms with van der Waals surface area (Å²) in [5.74, 6) is -0.0465. The molecule has 0 aliphatic heterocycles. The van der Waals surface area contributed by atoms with Gasteiger partial charge in [-0.25, -0.2) is 0 Å². The number of carbonyl (C=O) groups is 1. The smallest absolute Gasteiger partial charge is 0.238 e. The third-order valence-electron chi connectivity index (χ3n) is 1.74. The molecule has 0 heterocycles. The number of rotatable bonds is 3. The van der Waals surface area contributed by atoms with E-state index in [1.807, 2.05) is 6.92 Å². The summed E-state index contributed by atoms with van der Waals surface area (Å²) < 4.78 is 0. The van der Waals surface area contributed by atoms with Gasteiger partial charge in [0.15, 0.2) is 0 Å². The molecule has 0 fully saturated rings. The van der Waals surface area contributed by atoms with E-state index >= 15 is 0 Å². The Morgan fingerprint density at radius 1 is 1.64 bits per heavy atom. The summed E-state index contributed by atoms with van der Waals surface area (Å²) in [7, 11) is 0. The molecule has 0 aromatic heterocycles. The molecule has 14 heavy (non-hydrogen) atoms. The second kappa shape index (κ2) is 5.37. The highest BCUT2D eigenvalue weighted by atomic mass is 79.9. The lowest BCUT2D eigenvalue weighted by atomic mass is 10.3. The molecule has 2 nitrogen and oxygen atoms in total. The van der Waals surface area contributed by atoms with Crippen molar-refractivity contribution in [1.82, 2.24) is 0 Å². The Morgan fingerprint density at radius 2 is 2.36 bits per heavy atom. The lowest BCUT2D eigenvalue weighted by molar-refractivity contribution is -0.115. The summed E-state index contributed by atoms with van der Waals surface area (Å²) in [6.07, 6.45) is 0.756. The minimum atomic E-state index is -0.151. The summed E-state index contributed by atoms with van der Waals surface area (Å²) in [6, 6.07) is 7.09. The van der Waals surface area contributed by atoms with E-state index < -0.39 is 0 Å². The molecule has 0 saturated heterocycles. The van der Waals surface area contributed by atoms with E-state index in [9.17, 15) is 4.79 Å². The van der Waals surface area contributed by atoms with Crippen LogP contribution in [0.25, 0.3) is 0 Å². The first-order valence-corrected chi connectivity index (χ1v) is 5.63. The van der Waals surface area contributed by atoms with Crippen LogP contribution < -0.4 is 5.32 Å². The van der Waals surface area contributed by atoms with Gasteiger partial charge in [-0.15, -0.1) is 0 Å². The van der Waals surface area contributed by atoms with Crippen LogP contribution in [0.1, 0.15) is 13.3 Å². The van der Waals surface area contributed by atoms with Crippen molar-refractivity contribution in [2.45, 2.75) is 18.2 Å². The number of benzene rings is 1. The van der Waals surface area contributed by atoms with Crippen LogP contribution in [0, 0.1) is 0 Å². The highest BCUT2D eigenvalue weighted by Crippen LogP contribution is 2.16. The Labute approximate surface area is 96.8 Å². The van der Waals surface area contributed by atoms with Gasteiger partial charge in [-0.2, -0.15) is 0 Å². The van der Waals surface area contributed by atoms with Crippen LogP contribution >= 0.6 is 27.5 Å². The molecule has 1 rings (SSSR count). The predicted octanol–water partition coefficient (Wildman–Crippen LogP) is 3.45. The lowest BCUT2D eigenvalue weighted by Gasteiger charge is -2.08. The number of alkyl halides is 1. The Balaban J connectivity index is 2.65. The lowest BCUT2D eigenvalue weighted by Crippen LogP contribution is -2.21. The molecule has 0 aliphatic carbocycles. The predicted molar refractivity (Wildman–Crippen MR) is 63.1 cm³/mol. The van der Waals surface area contributed by atoms with Crippen molar-refractivity contribution in [2.24, 2.45) is 0 Å². The van der Waals surface area contributed by atoms with Gasteiger partial charge in [-0.1, -0.05) is 40.5 Å². The zero-order chi connectivity index (χ0) is 10.6. The van der Waals surface area contributed by atoms with Gasteiger partial charge < -0.3 is 5.32 Å². The summed E-state index contributed by atoms with van der Waals surface area (Å²) in [5.41, 5.74) is 0.723. The van der Waals surface area contributed by atoms with Crippen LogP contribution in [0.15, 0.2) is 24.3 Å². The maximum absolute atomic E-state index is 11.5. The Kier molecular flexibility index (Phi) is 4.42. The summed E-state index contributed by atoms with van der Waals surface area (Å²) in [6.45, 7) is 1.94. The first kappa shape index (κ1) is 11.5. The third kappa shape index (κ3) is 3.31. The second-order valence-electron chi connectivity index (χ2n) is 2.88. The fourth-order valence-corrected chi connectivity index (χ4v) is 1.28. The molecule has 0 bridgehead atoms. The Morgan fingerprint density at radius 3 is 2.93 bits per heavy atom. The molecular formula is C10H11BrClNO. The van der Waals surface area contributed by atoms with Gasteiger partial charge in [-0.05, 0) is 24.6 Å². The van der Waals surface area contributed by atoms with Crippen molar-refractivity contribution in [3.05, 3.63) is 29.3 Å². The molecule has 1 unspecified atom stereocenters. The summed E-state index contributed by atoms with van der Waals surface area (Å²) >= 11 is 9.05. The number of hydrogen-bond acceptors (Lipinski definition) is 1. The third-order valence-corrected chi connectivity index (χ3v) is 3.03. The quantitative estimate of drug-likeness (QED) is 0.842. The zero-order valence-corrected chi connectivity index (χ0v) is 10.1. The topological polar surface area (TPSA) is 29.1 Å². The van der Waals surface area contributed by atoms with E-state index in [2.05, 4.69) is 21.2 Å². The number of halogens is 2. The van der Waals surface area contributed by atoms with Crippen molar-refractivity contribution in [3.8, 4) is 0 Å². The highest BCUT2D eigenvalue weighted by Gasteiger charge is 2.11. The van der Waals surface area contributed by atoms with Crippen molar-refractivity contribution in [1.29, 1.82) is 0 Å². The molecule has 0 aliphatic rings. The first-order valence-electron chi connectivity index (χ1n) is 4.34. The average molecular weight is 277 g/mol. The largest absolute Gasteiger partial charge is 0.325 e. The van der Waals surface area contributed by atoms with Gasteiger partial charge in [0.05, 0.1) is 4.83 Å². The standard InChI is InChI=1S/C10H11BrClNO/c1-2-9(11)10(14)13-8-5-3-4-7(12)6-8/h3-6,9H,2H2,1H3,(H,13,14). The monoisotopic (exact) mass is 275 g/mol. The van der Waals surface area contributed by atoms with Crippen molar-refractivity contribution >= 4 is 39.1 Å². The SMILES string of the molecule is CCC(Br)C(=O)Nc1cccc(Cl)c1. The van der Waals surface area contributed by atoms with Gasteiger partial charge in [0.1, 0.15) is 0 Å². The maximum atomic E-state index is 11.5. The van der Waals surface area contributed by atoms with Crippen LogP contribution in [0.2, 0.25) is 5.02 Å². The van der Waals surface area contributed by atoms with E-state index in [0.29, 0.717) is 5.02 Å². The highest BCUT2D eigenvalue weighted by molar-refractivity contribution is 9.10. The number of hydrogen-bond donors (Lipinski definition) is 1. The van der Waals surface area contributed by atoms with Gasteiger partial charge in [0.25, 0.3) is 0 Å². The van der Waals surface area contributed by atoms with Crippen molar-refractivity contribution in [2.75, 3.05) is 5.32 Å². The fourth-order valence-electron chi connectivity index (χ4n) is 0.972. The van der Waals surface area contributed by atoms with E-state index in [0.717, 1.165) is 12.1 Å². The van der Waals surface area contributed by atoms with Crippen molar-refractivity contribution < 1.29 is 4.79 Å².